The third-order valence-electron chi connectivity index (χ3n) is 5.91. The molecule has 2 saturated carbocycles. The zero-order valence-electron chi connectivity index (χ0n) is 25.3. The molecule has 2 aliphatic rings. The minimum atomic E-state index is -6.09. The first-order valence-electron chi connectivity index (χ1n) is 11.7. The Kier molecular flexibility index (Phi) is 31.5. The van der Waals surface area contributed by atoms with E-state index < -0.39 is 15.6 Å². The molecule has 2 aliphatic carbocycles. The van der Waals surface area contributed by atoms with Crippen molar-refractivity contribution < 1.29 is 62.9 Å². The molecule has 0 amide bonds. The van der Waals surface area contributed by atoms with E-state index in [2.05, 4.69) is 104 Å². The van der Waals surface area contributed by atoms with Crippen LogP contribution in [0.4, 0.5) is 13.2 Å². The van der Waals surface area contributed by atoms with Crippen molar-refractivity contribution in [2.75, 3.05) is 0 Å². The van der Waals surface area contributed by atoms with E-state index in [1.165, 1.54) is 59.2 Å². The standard InChI is InChI=1S/2C10H15.2C3H8S.CHF3O3S.ClH.2Ru/c2*1-6-7(2)9(4)10(5)8(6)3;2*1-3(2)4;2-1(3,4)8(5,6)7;;;/h2*1-5H3;2*3-4H,1-2H3;(H,5,6,7);1H;;/q;;;;;;2*+3/p-4. The van der Waals surface area contributed by atoms with E-state index in [4.69, 9.17) is 13.0 Å². The molecule has 230 valence electrons. The van der Waals surface area contributed by atoms with Gasteiger partial charge in [-0.05, 0) is 59.2 Å². The summed E-state index contributed by atoms with van der Waals surface area (Å²) in [6.45, 7) is 29.9. The minimum Gasteiger partial charge on any atom is 3.00 e. The third-order valence-corrected chi connectivity index (χ3v) is 6.48. The SMILES string of the molecule is CC(C)[S-].CC(C)[S-].C[C]1[C](C)[C](C)[C](C)[C]1C.C[C]1[C](C)[C](C)[C](C)[C]1C.O=S(=O)([O-])C(F)(F)F.[Cl][Ru+2].[Ru+3]. The molecule has 0 aromatic carbocycles. The van der Waals surface area contributed by atoms with E-state index in [0.29, 0.717) is 10.5 Å². The Bertz CT molecular complexity index is 556. The third kappa shape index (κ3) is 22.2. The molecule has 0 atom stereocenters. The number of alkyl halides is 3. The van der Waals surface area contributed by atoms with Gasteiger partial charge in [-0.15, -0.1) is 0 Å². The smallest absolute Gasteiger partial charge is 3.00 e. The zero-order chi connectivity index (χ0) is 31.9. The molecule has 3 nitrogen and oxygen atoms in total. The summed E-state index contributed by atoms with van der Waals surface area (Å²) in [5.74, 6) is 14.7. The first-order valence-corrected chi connectivity index (χ1v) is 16.3. The fraction of sp³-hybridized carbons (Fsp3) is 0.630. The molecule has 0 aliphatic heterocycles. The maximum absolute atomic E-state index is 10.7. The van der Waals surface area contributed by atoms with Gasteiger partial charge in [-0.3, -0.25) is 0 Å². The summed E-state index contributed by atoms with van der Waals surface area (Å²) in [4.78, 5) is 0. The summed E-state index contributed by atoms with van der Waals surface area (Å²) >= 11 is 11.1. The van der Waals surface area contributed by atoms with E-state index in [1.54, 1.807) is 0 Å². The van der Waals surface area contributed by atoms with Crippen LogP contribution in [0.25, 0.3) is 0 Å². The molecule has 2 rings (SSSR count). The molecule has 12 heteroatoms. The van der Waals surface area contributed by atoms with E-state index >= 15 is 0 Å². The van der Waals surface area contributed by atoms with Gasteiger partial charge in [0.25, 0.3) is 0 Å². The fourth-order valence-electron chi connectivity index (χ4n) is 2.81. The van der Waals surface area contributed by atoms with Gasteiger partial charge in [-0.25, -0.2) is 8.42 Å². The van der Waals surface area contributed by atoms with Gasteiger partial charge in [0.1, 0.15) is 0 Å². The molecule has 0 aromatic heterocycles. The maximum Gasteiger partial charge on any atom is 3.00 e. The van der Waals surface area contributed by atoms with Gasteiger partial charge in [-0.1, -0.05) is 96.9 Å². The maximum atomic E-state index is 10.7. The van der Waals surface area contributed by atoms with Crippen LogP contribution in [0.15, 0.2) is 0 Å². The van der Waals surface area contributed by atoms with Crippen LogP contribution in [-0.2, 0) is 72.2 Å². The summed E-state index contributed by atoms with van der Waals surface area (Å²) in [6, 6.07) is 0. The topological polar surface area (TPSA) is 57.2 Å². The van der Waals surface area contributed by atoms with Crippen molar-refractivity contribution in [2.24, 2.45) is 0 Å². The molecule has 11 radical (unpaired) electrons. The molecule has 0 unspecified atom stereocenters. The fourth-order valence-corrected chi connectivity index (χ4v) is 2.81. The van der Waals surface area contributed by atoms with E-state index in [-0.39, 0.29) is 19.5 Å². The van der Waals surface area contributed by atoms with Gasteiger partial charge in [0.05, 0.1) is 0 Å². The van der Waals surface area contributed by atoms with E-state index in [1.807, 2.05) is 45.0 Å². The van der Waals surface area contributed by atoms with Crippen LogP contribution in [0.3, 0.4) is 0 Å². The molecule has 0 saturated heterocycles. The summed E-state index contributed by atoms with van der Waals surface area (Å²) in [5.41, 5.74) is -5.65. The molecule has 0 N–H and O–H groups in total. The summed E-state index contributed by atoms with van der Waals surface area (Å²) in [5, 5.41) is 0.833. The van der Waals surface area contributed by atoms with Crippen molar-refractivity contribution in [3.8, 4) is 0 Å². The van der Waals surface area contributed by atoms with E-state index in [9.17, 15) is 13.2 Å². The Morgan fingerprint density at radius 2 is 0.641 bits per heavy atom. The molecule has 39 heavy (non-hydrogen) atoms. The number of hydrogen-bond donors (Lipinski definition) is 0. The van der Waals surface area contributed by atoms with Crippen LogP contribution in [0, 0.1) is 59.2 Å². The van der Waals surface area contributed by atoms with Crippen molar-refractivity contribution in [2.45, 2.75) is 113 Å². The Morgan fingerprint density at radius 3 is 0.667 bits per heavy atom. The number of halogens is 4. The largest absolute Gasteiger partial charge is 3.00 e. The predicted molar refractivity (Wildman–Crippen MR) is 156 cm³/mol. The van der Waals surface area contributed by atoms with Gasteiger partial charge >= 0.3 is 52.0 Å². The summed E-state index contributed by atoms with van der Waals surface area (Å²) in [7, 11) is -1.52. The monoisotopic (exact) mass is 808 g/mol. The number of rotatable bonds is 0. The first-order chi connectivity index (χ1) is 16.8. The first kappa shape index (κ1) is 50.6. The van der Waals surface area contributed by atoms with Crippen LogP contribution >= 0.6 is 9.69 Å². The van der Waals surface area contributed by atoms with Crippen molar-refractivity contribution in [1.82, 2.24) is 0 Å². The van der Waals surface area contributed by atoms with E-state index in [0.717, 1.165) is 0 Å². The van der Waals surface area contributed by atoms with Crippen molar-refractivity contribution in [3.63, 3.8) is 0 Å². The Hall–Kier alpha value is 1.94. The second kappa shape index (κ2) is 24.3. The molecular weight excluding hydrogens is 763 g/mol. The van der Waals surface area contributed by atoms with Crippen molar-refractivity contribution >= 4 is 45.1 Å². The van der Waals surface area contributed by atoms with Crippen LogP contribution in [-0.4, -0.2) is 29.0 Å². The van der Waals surface area contributed by atoms with Crippen molar-refractivity contribution in [1.29, 1.82) is 0 Å². The normalized spacial score (nSPS) is 19.5. The Labute approximate surface area is 278 Å². The van der Waals surface area contributed by atoms with Gasteiger partial charge in [0, 0.05) is 0 Å². The van der Waals surface area contributed by atoms with Crippen molar-refractivity contribution in [3.05, 3.63) is 59.2 Å². The molecule has 0 spiro atoms. The summed E-state index contributed by atoms with van der Waals surface area (Å²) in [6.07, 6.45) is 0. The van der Waals surface area contributed by atoms with Crippen LogP contribution in [0.5, 0.6) is 0 Å². The second-order valence-electron chi connectivity index (χ2n) is 9.25. The number of hydrogen-bond acceptors (Lipinski definition) is 5. The average Bonchev–Trinajstić information content (AvgIpc) is 3.04. The molecular formula is C27H44ClF3O3Ru2S3+2. The minimum absolute atomic E-state index is 0. The van der Waals surface area contributed by atoms with Crippen LogP contribution in [0.1, 0.15) is 96.9 Å². The molecule has 0 bridgehead atoms. The van der Waals surface area contributed by atoms with Gasteiger partial charge < -0.3 is 29.8 Å². The zero-order valence-corrected chi connectivity index (χ0v) is 32.0. The van der Waals surface area contributed by atoms with Gasteiger partial charge in [0.2, 0.25) is 0 Å². The molecule has 2 fully saturated rings. The molecule has 0 heterocycles. The average molecular weight is 807 g/mol. The molecule has 0 aromatic rings. The Morgan fingerprint density at radius 1 is 0.590 bits per heavy atom. The summed E-state index contributed by atoms with van der Waals surface area (Å²) < 4.78 is 58.9. The van der Waals surface area contributed by atoms with Gasteiger partial charge in [0.15, 0.2) is 10.1 Å². The predicted octanol–water partition coefficient (Wildman–Crippen LogP) is 8.56. The second-order valence-corrected chi connectivity index (χ2v) is 12.5. The van der Waals surface area contributed by atoms with Gasteiger partial charge in [-0.2, -0.15) is 23.7 Å². The van der Waals surface area contributed by atoms with Crippen LogP contribution < -0.4 is 0 Å². The Balaban J connectivity index is -0.000000126. The van der Waals surface area contributed by atoms with Crippen LogP contribution in [0.2, 0.25) is 0 Å². The quantitative estimate of drug-likeness (QED) is 0.106.